The highest BCUT2D eigenvalue weighted by molar-refractivity contribution is 7.10. The Labute approximate surface area is 127 Å². The number of amides is 1. The Balaban J connectivity index is 1.87. The summed E-state index contributed by atoms with van der Waals surface area (Å²) in [5.41, 5.74) is 2.72. The van der Waals surface area contributed by atoms with E-state index in [1.54, 1.807) is 11.3 Å². The lowest BCUT2D eigenvalue weighted by atomic mass is 10.1. The summed E-state index contributed by atoms with van der Waals surface area (Å²) in [7, 11) is 0. The average molecular weight is 307 g/mol. The number of halogens is 1. The number of benzene rings is 1. The van der Waals surface area contributed by atoms with Gasteiger partial charge in [-0.3, -0.25) is 4.79 Å². The first-order valence-electron chi connectivity index (χ1n) is 6.59. The van der Waals surface area contributed by atoms with Gasteiger partial charge in [0.15, 0.2) is 0 Å². The number of nitrogens with one attached hydrogen (secondary N) is 2. The van der Waals surface area contributed by atoms with Crippen molar-refractivity contribution in [2.75, 3.05) is 10.6 Å². The molecule has 1 aromatic carbocycles. The van der Waals surface area contributed by atoms with E-state index >= 15 is 0 Å². The maximum Gasteiger partial charge on any atom is 0.228 e. The molecule has 104 valence electrons. The number of hydrogen-bond donors (Lipinski definition) is 2. The monoisotopic (exact) mass is 306 g/mol. The van der Waals surface area contributed by atoms with E-state index in [2.05, 4.69) is 35.1 Å². The van der Waals surface area contributed by atoms with Crippen LogP contribution in [0.15, 0.2) is 29.6 Å². The number of carbonyl (C=O) groups excluding carboxylic acids is 1. The lowest BCUT2D eigenvalue weighted by molar-refractivity contribution is -0.115. The Hall–Kier alpha value is -1.52. The van der Waals surface area contributed by atoms with E-state index < -0.39 is 0 Å². The van der Waals surface area contributed by atoms with Crippen LogP contribution in [0.2, 0.25) is 5.02 Å². The van der Waals surface area contributed by atoms with Crippen LogP contribution in [-0.4, -0.2) is 5.91 Å². The first kappa shape index (κ1) is 13.5. The van der Waals surface area contributed by atoms with Crippen molar-refractivity contribution in [1.82, 2.24) is 0 Å². The number of thiophene rings is 1. The number of anilines is 2. The van der Waals surface area contributed by atoms with Gasteiger partial charge in [-0.15, -0.1) is 11.3 Å². The van der Waals surface area contributed by atoms with Crippen molar-refractivity contribution >= 4 is 40.2 Å². The minimum atomic E-state index is 0.0264. The van der Waals surface area contributed by atoms with Crippen LogP contribution in [0, 0.1) is 0 Å². The lowest BCUT2D eigenvalue weighted by Crippen LogP contribution is -2.08. The summed E-state index contributed by atoms with van der Waals surface area (Å²) in [6.45, 7) is 2.14. The van der Waals surface area contributed by atoms with Crippen LogP contribution in [0.3, 0.4) is 0 Å². The Morgan fingerprint density at radius 2 is 2.35 bits per heavy atom. The molecule has 5 heteroatoms. The summed E-state index contributed by atoms with van der Waals surface area (Å²) in [5, 5.41) is 9.01. The largest absolute Gasteiger partial charge is 0.376 e. The van der Waals surface area contributed by atoms with E-state index in [1.165, 1.54) is 4.88 Å². The second-order valence-electron chi connectivity index (χ2n) is 4.83. The van der Waals surface area contributed by atoms with Gasteiger partial charge in [0.05, 0.1) is 23.2 Å². The third-order valence-electron chi connectivity index (χ3n) is 3.44. The topological polar surface area (TPSA) is 41.1 Å². The number of hydrogen-bond acceptors (Lipinski definition) is 3. The van der Waals surface area contributed by atoms with Crippen molar-refractivity contribution in [2.24, 2.45) is 0 Å². The summed E-state index contributed by atoms with van der Waals surface area (Å²) < 4.78 is 0. The molecular formula is C15H15ClN2OS. The molecule has 1 aliphatic heterocycles. The van der Waals surface area contributed by atoms with Gasteiger partial charge in [0.1, 0.15) is 0 Å². The zero-order valence-corrected chi connectivity index (χ0v) is 12.6. The fourth-order valence-electron chi connectivity index (χ4n) is 2.41. The quantitative estimate of drug-likeness (QED) is 0.875. The molecule has 3 nitrogen and oxygen atoms in total. The predicted octanol–water partition coefficient (Wildman–Crippen LogP) is 4.46. The number of fused-ring (bicyclic) bond motifs is 1. The molecule has 0 bridgehead atoms. The fourth-order valence-corrected chi connectivity index (χ4v) is 3.49. The summed E-state index contributed by atoms with van der Waals surface area (Å²) in [6, 6.07) is 8.22. The van der Waals surface area contributed by atoms with Crippen LogP contribution in [0.5, 0.6) is 0 Å². The molecule has 0 saturated carbocycles. The summed E-state index contributed by atoms with van der Waals surface area (Å²) >= 11 is 8.04. The smallest absolute Gasteiger partial charge is 0.228 e. The molecule has 0 aliphatic carbocycles. The third kappa shape index (κ3) is 2.53. The first-order valence-corrected chi connectivity index (χ1v) is 7.85. The van der Waals surface area contributed by atoms with Crippen molar-refractivity contribution in [3.05, 3.63) is 45.1 Å². The maximum absolute atomic E-state index is 11.4. The number of carbonyl (C=O) groups is 1. The van der Waals surface area contributed by atoms with Crippen LogP contribution in [-0.2, 0) is 11.2 Å². The van der Waals surface area contributed by atoms with E-state index in [9.17, 15) is 4.79 Å². The van der Waals surface area contributed by atoms with Crippen molar-refractivity contribution in [3.63, 3.8) is 0 Å². The summed E-state index contributed by atoms with van der Waals surface area (Å²) in [5.74, 6) is 0.0264. The van der Waals surface area contributed by atoms with E-state index in [0.29, 0.717) is 11.4 Å². The van der Waals surface area contributed by atoms with Gasteiger partial charge in [-0.1, -0.05) is 24.6 Å². The summed E-state index contributed by atoms with van der Waals surface area (Å²) in [6.07, 6.45) is 1.40. The van der Waals surface area contributed by atoms with Gasteiger partial charge in [-0.25, -0.2) is 0 Å². The average Bonchev–Trinajstić information content (AvgIpc) is 3.04. The highest BCUT2D eigenvalue weighted by Gasteiger charge is 2.20. The molecule has 20 heavy (non-hydrogen) atoms. The highest BCUT2D eigenvalue weighted by Crippen LogP contribution is 2.35. The van der Waals surface area contributed by atoms with Gasteiger partial charge in [0.25, 0.3) is 0 Å². The van der Waals surface area contributed by atoms with Crippen LogP contribution >= 0.6 is 22.9 Å². The normalized spacial score (nSPS) is 14.8. The van der Waals surface area contributed by atoms with Crippen molar-refractivity contribution in [3.8, 4) is 0 Å². The van der Waals surface area contributed by atoms with Crippen LogP contribution in [0.1, 0.15) is 29.8 Å². The van der Waals surface area contributed by atoms with E-state index in [4.69, 9.17) is 11.6 Å². The van der Waals surface area contributed by atoms with Crippen molar-refractivity contribution in [1.29, 1.82) is 0 Å². The van der Waals surface area contributed by atoms with E-state index in [0.717, 1.165) is 23.4 Å². The molecular weight excluding hydrogens is 292 g/mol. The van der Waals surface area contributed by atoms with Crippen LogP contribution < -0.4 is 10.6 Å². The zero-order valence-electron chi connectivity index (χ0n) is 11.1. The molecule has 1 aliphatic rings. The van der Waals surface area contributed by atoms with Crippen molar-refractivity contribution in [2.45, 2.75) is 25.8 Å². The lowest BCUT2D eigenvalue weighted by Gasteiger charge is -2.18. The molecule has 0 radical (unpaired) electrons. The van der Waals surface area contributed by atoms with E-state index in [1.807, 2.05) is 12.1 Å². The molecule has 0 fully saturated rings. The second-order valence-corrected chi connectivity index (χ2v) is 6.22. The minimum absolute atomic E-state index is 0.0264. The third-order valence-corrected chi connectivity index (χ3v) is 4.74. The fraction of sp³-hybridized carbons (Fsp3) is 0.267. The highest BCUT2D eigenvalue weighted by atomic mass is 35.5. The maximum atomic E-state index is 11.4. The summed E-state index contributed by atoms with van der Waals surface area (Å²) in [4.78, 5) is 12.7. The Morgan fingerprint density at radius 3 is 3.05 bits per heavy atom. The van der Waals surface area contributed by atoms with Gasteiger partial charge in [-0.2, -0.15) is 0 Å². The standard InChI is InChI=1S/C15H15ClN2OS/c1-2-11(14-4-3-5-20-14)17-13-6-9-7-15(19)18-12(9)8-10(13)16/h3-6,8,11,17H,2,7H2,1H3,(H,18,19). The van der Waals surface area contributed by atoms with Gasteiger partial charge in [0.2, 0.25) is 5.91 Å². The molecule has 0 saturated heterocycles. The van der Waals surface area contributed by atoms with Crippen LogP contribution in [0.25, 0.3) is 0 Å². The SMILES string of the molecule is CCC(Nc1cc2c(cc1Cl)NC(=O)C2)c1cccs1. The molecule has 2 aromatic rings. The Bertz CT molecular complexity index is 640. The van der Waals surface area contributed by atoms with Gasteiger partial charge < -0.3 is 10.6 Å². The van der Waals surface area contributed by atoms with Crippen LogP contribution in [0.4, 0.5) is 11.4 Å². The molecule has 1 aromatic heterocycles. The predicted molar refractivity (Wildman–Crippen MR) is 84.8 cm³/mol. The second kappa shape index (κ2) is 5.46. The minimum Gasteiger partial charge on any atom is -0.376 e. The molecule has 3 rings (SSSR count). The van der Waals surface area contributed by atoms with Gasteiger partial charge in [0, 0.05) is 10.6 Å². The zero-order chi connectivity index (χ0) is 14.1. The molecule has 2 heterocycles. The van der Waals surface area contributed by atoms with Gasteiger partial charge >= 0.3 is 0 Å². The number of rotatable bonds is 4. The molecule has 1 amide bonds. The molecule has 1 unspecified atom stereocenters. The Kier molecular flexibility index (Phi) is 3.68. The Morgan fingerprint density at radius 1 is 1.50 bits per heavy atom. The molecule has 2 N–H and O–H groups in total. The van der Waals surface area contributed by atoms with Crippen molar-refractivity contribution < 1.29 is 4.79 Å². The van der Waals surface area contributed by atoms with Gasteiger partial charge in [-0.05, 0) is 35.6 Å². The molecule has 1 atom stereocenters. The van der Waals surface area contributed by atoms with E-state index in [-0.39, 0.29) is 11.9 Å². The molecule has 0 spiro atoms. The first-order chi connectivity index (χ1) is 9.67.